The zero-order chi connectivity index (χ0) is 12.8. The van der Waals surface area contributed by atoms with Crippen LogP contribution in [0.1, 0.15) is 24.9 Å². The average molecular weight is 243 g/mol. The predicted molar refractivity (Wildman–Crippen MR) is 59.4 cm³/mol. The van der Waals surface area contributed by atoms with E-state index in [4.69, 9.17) is 0 Å². The van der Waals surface area contributed by atoms with Crippen LogP contribution in [0.15, 0.2) is 18.2 Å². The lowest BCUT2D eigenvalue weighted by Gasteiger charge is -2.17. The highest BCUT2D eigenvalue weighted by molar-refractivity contribution is 5.77. The average Bonchev–Trinajstić information content (AvgIpc) is 2.31. The summed E-state index contributed by atoms with van der Waals surface area (Å²) < 4.78 is 30.9. The Kier molecular flexibility index (Phi) is 5.03. The van der Waals surface area contributed by atoms with Gasteiger partial charge in [-0.2, -0.15) is 0 Å². The molecule has 0 amide bonds. The summed E-state index contributed by atoms with van der Waals surface area (Å²) in [6, 6.07) is 2.20. The van der Waals surface area contributed by atoms with Crippen LogP contribution >= 0.6 is 0 Å². The smallest absolute Gasteiger partial charge is 0.327 e. The van der Waals surface area contributed by atoms with Crippen molar-refractivity contribution in [3.63, 3.8) is 0 Å². The van der Waals surface area contributed by atoms with Gasteiger partial charge in [-0.25, -0.2) is 13.6 Å². The highest BCUT2D eigenvalue weighted by Gasteiger charge is 2.23. The molecule has 0 fully saturated rings. The van der Waals surface area contributed by atoms with Gasteiger partial charge in [0, 0.05) is 11.6 Å². The van der Waals surface area contributed by atoms with Crippen LogP contribution in [-0.4, -0.2) is 19.6 Å². The molecule has 0 aliphatic heterocycles. The molecule has 0 aromatic heterocycles. The van der Waals surface area contributed by atoms with Gasteiger partial charge in [-0.1, -0.05) is 13.0 Å². The summed E-state index contributed by atoms with van der Waals surface area (Å²) in [6.07, 6.45) is 0.788. The molecule has 1 aromatic rings. The molecule has 17 heavy (non-hydrogen) atoms. The summed E-state index contributed by atoms with van der Waals surface area (Å²) in [4.78, 5) is 11.5. The van der Waals surface area contributed by atoms with Crippen LogP contribution in [0.2, 0.25) is 0 Å². The Balaban J connectivity index is 2.99. The maximum Gasteiger partial charge on any atom is 0.327 e. The predicted octanol–water partition coefficient (Wildman–Crippen LogP) is 2.18. The van der Waals surface area contributed by atoms with Gasteiger partial charge in [-0.15, -0.1) is 0 Å². The van der Waals surface area contributed by atoms with E-state index in [-0.39, 0.29) is 5.56 Å². The summed E-state index contributed by atoms with van der Waals surface area (Å²) >= 11 is 0. The van der Waals surface area contributed by atoms with Crippen LogP contribution in [0.5, 0.6) is 0 Å². The molecule has 0 aliphatic rings. The van der Waals surface area contributed by atoms with E-state index in [1.54, 1.807) is 0 Å². The van der Waals surface area contributed by atoms with E-state index in [1.807, 2.05) is 6.92 Å². The largest absolute Gasteiger partial charge is 0.468 e. The van der Waals surface area contributed by atoms with Crippen LogP contribution in [-0.2, 0) is 9.53 Å². The molecule has 0 heterocycles. The minimum absolute atomic E-state index is 0.0895. The Hall–Kier alpha value is -1.49. The molecule has 1 atom stereocenters. The molecule has 0 saturated heterocycles. The Morgan fingerprint density at radius 3 is 2.71 bits per heavy atom. The van der Waals surface area contributed by atoms with Crippen molar-refractivity contribution in [2.45, 2.75) is 19.4 Å². The van der Waals surface area contributed by atoms with E-state index in [0.29, 0.717) is 6.54 Å². The lowest BCUT2D eigenvalue weighted by Crippen LogP contribution is -2.31. The lowest BCUT2D eigenvalue weighted by molar-refractivity contribution is -0.143. The Morgan fingerprint density at radius 2 is 2.18 bits per heavy atom. The molecule has 1 rings (SSSR count). The SMILES string of the molecule is CCCNC(C(=O)OC)c1ccc(F)cc1F. The molecule has 5 heteroatoms. The van der Waals surface area contributed by atoms with Gasteiger partial charge in [0.25, 0.3) is 0 Å². The Morgan fingerprint density at radius 1 is 1.47 bits per heavy atom. The van der Waals surface area contributed by atoms with Crippen LogP contribution in [0.3, 0.4) is 0 Å². The van der Waals surface area contributed by atoms with Gasteiger partial charge >= 0.3 is 5.97 Å². The van der Waals surface area contributed by atoms with Gasteiger partial charge in [0.15, 0.2) is 0 Å². The van der Waals surface area contributed by atoms with E-state index < -0.39 is 23.6 Å². The first-order valence-electron chi connectivity index (χ1n) is 5.36. The lowest BCUT2D eigenvalue weighted by atomic mass is 10.1. The summed E-state index contributed by atoms with van der Waals surface area (Å²) in [5, 5.41) is 2.86. The zero-order valence-electron chi connectivity index (χ0n) is 9.80. The normalized spacial score (nSPS) is 12.2. The molecule has 1 unspecified atom stereocenters. The van der Waals surface area contributed by atoms with E-state index in [1.165, 1.54) is 13.2 Å². The zero-order valence-corrected chi connectivity index (χ0v) is 9.80. The first kappa shape index (κ1) is 13.6. The van der Waals surface area contributed by atoms with Crippen molar-refractivity contribution in [2.75, 3.05) is 13.7 Å². The molecule has 3 nitrogen and oxygen atoms in total. The second-order valence-corrected chi connectivity index (χ2v) is 3.58. The molecule has 94 valence electrons. The van der Waals surface area contributed by atoms with E-state index in [0.717, 1.165) is 18.6 Å². The fourth-order valence-electron chi connectivity index (χ4n) is 1.46. The number of hydrogen-bond acceptors (Lipinski definition) is 3. The van der Waals surface area contributed by atoms with E-state index in [2.05, 4.69) is 10.1 Å². The van der Waals surface area contributed by atoms with Crippen molar-refractivity contribution in [1.29, 1.82) is 0 Å². The quantitative estimate of drug-likeness (QED) is 0.805. The number of halogens is 2. The first-order valence-corrected chi connectivity index (χ1v) is 5.36. The molecule has 1 N–H and O–H groups in total. The number of hydrogen-bond donors (Lipinski definition) is 1. The highest BCUT2D eigenvalue weighted by atomic mass is 19.1. The third kappa shape index (κ3) is 3.49. The van der Waals surface area contributed by atoms with E-state index in [9.17, 15) is 13.6 Å². The van der Waals surface area contributed by atoms with Gasteiger partial charge in [-0.3, -0.25) is 0 Å². The molecule has 0 spiro atoms. The van der Waals surface area contributed by atoms with Crippen LogP contribution in [0.4, 0.5) is 8.78 Å². The summed E-state index contributed by atoms with van der Waals surface area (Å²) in [5.74, 6) is -2.03. The van der Waals surface area contributed by atoms with Crippen molar-refractivity contribution in [3.05, 3.63) is 35.4 Å². The maximum absolute atomic E-state index is 13.5. The Bertz CT molecular complexity index is 396. The summed E-state index contributed by atoms with van der Waals surface area (Å²) in [5.41, 5.74) is 0.0895. The number of methoxy groups -OCH3 is 1. The van der Waals surface area contributed by atoms with Crippen molar-refractivity contribution in [2.24, 2.45) is 0 Å². The van der Waals surface area contributed by atoms with Crippen molar-refractivity contribution < 1.29 is 18.3 Å². The molecule has 0 aliphatic carbocycles. The number of nitrogens with one attached hydrogen (secondary N) is 1. The second-order valence-electron chi connectivity index (χ2n) is 3.58. The number of carbonyl (C=O) groups is 1. The molecule has 0 bridgehead atoms. The summed E-state index contributed by atoms with van der Waals surface area (Å²) in [6.45, 7) is 2.46. The fraction of sp³-hybridized carbons (Fsp3) is 0.417. The standard InChI is InChI=1S/C12H15F2NO2/c1-3-6-15-11(12(16)17-2)9-5-4-8(13)7-10(9)14/h4-5,7,11,15H,3,6H2,1-2H3. The third-order valence-electron chi connectivity index (χ3n) is 2.31. The molecular formula is C12H15F2NO2. The van der Waals surface area contributed by atoms with Gasteiger partial charge in [0.2, 0.25) is 0 Å². The van der Waals surface area contributed by atoms with Crippen molar-refractivity contribution in [3.8, 4) is 0 Å². The fourth-order valence-corrected chi connectivity index (χ4v) is 1.46. The minimum Gasteiger partial charge on any atom is -0.468 e. The molecule has 1 aromatic carbocycles. The molecule has 0 radical (unpaired) electrons. The van der Waals surface area contributed by atoms with Crippen LogP contribution in [0.25, 0.3) is 0 Å². The van der Waals surface area contributed by atoms with Gasteiger partial charge in [0.05, 0.1) is 7.11 Å². The number of carbonyl (C=O) groups excluding carboxylic acids is 1. The van der Waals surface area contributed by atoms with Crippen LogP contribution < -0.4 is 5.32 Å². The van der Waals surface area contributed by atoms with Gasteiger partial charge in [-0.05, 0) is 19.0 Å². The highest BCUT2D eigenvalue weighted by Crippen LogP contribution is 2.19. The topological polar surface area (TPSA) is 38.3 Å². The summed E-state index contributed by atoms with van der Waals surface area (Å²) in [7, 11) is 1.23. The van der Waals surface area contributed by atoms with Crippen LogP contribution in [0, 0.1) is 11.6 Å². The third-order valence-corrected chi connectivity index (χ3v) is 2.31. The minimum atomic E-state index is -0.902. The monoisotopic (exact) mass is 243 g/mol. The second kappa shape index (κ2) is 6.30. The molecule has 0 saturated carbocycles. The number of rotatable bonds is 5. The van der Waals surface area contributed by atoms with Gasteiger partial charge < -0.3 is 10.1 Å². The number of benzene rings is 1. The van der Waals surface area contributed by atoms with Crippen molar-refractivity contribution in [1.82, 2.24) is 5.32 Å². The molecular weight excluding hydrogens is 228 g/mol. The number of esters is 1. The van der Waals surface area contributed by atoms with Gasteiger partial charge in [0.1, 0.15) is 17.7 Å². The number of ether oxygens (including phenoxy) is 1. The van der Waals surface area contributed by atoms with Crippen molar-refractivity contribution >= 4 is 5.97 Å². The van der Waals surface area contributed by atoms with E-state index >= 15 is 0 Å². The maximum atomic E-state index is 13.5. The first-order chi connectivity index (χ1) is 8.10. The Labute approximate surface area is 98.8 Å².